The molecule has 5 aliphatic rings. The summed E-state index contributed by atoms with van der Waals surface area (Å²) >= 11 is 0. The van der Waals surface area contributed by atoms with Crippen LogP contribution in [0.3, 0.4) is 0 Å². The van der Waals surface area contributed by atoms with E-state index in [1.165, 1.54) is 16.7 Å². The number of nitrogens with two attached hydrogens (primary N) is 1. The molecule has 12 heteroatoms. The number of likely N-dealkylation sites (N-methyl/N-ethyl adjacent to an activating group) is 1. The van der Waals surface area contributed by atoms with Gasteiger partial charge in [-0.3, -0.25) is 0 Å². The first-order valence-electron chi connectivity index (χ1n) is 27.0. The number of benzene rings is 5. The Bertz CT molecular complexity index is 3220. The molecule has 11 rings (SSSR count). The molecule has 6 bridgehead atoms. The number of fused-ring (bicyclic) bond motifs is 9. The molecule has 0 saturated carbocycles. The van der Waals surface area contributed by atoms with Crippen LogP contribution in [0.5, 0.6) is 23.0 Å². The fraction of sp³-hybridized carbons (Fsp3) is 0.397. The normalized spacial score (nSPS) is 24.0. The number of aliphatic hydroxyl groups excluding tert-OH is 2. The lowest BCUT2D eigenvalue weighted by molar-refractivity contribution is 0.00498. The van der Waals surface area contributed by atoms with Gasteiger partial charge in [0.1, 0.15) is 30.1 Å². The zero-order valence-electron chi connectivity index (χ0n) is 42.9. The summed E-state index contributed by atoms with van der Waals surface area (Å²) in [6.45, 7) is 1.99. The van der Waals surface area contributed by atoms with Crippen molar-refractivity contribution in [3.8, 4) is 34.8 Å². The zero-order valence-corrected chi connectivity index (χ0v) is 42.9. The molecule has 1 aliphatic carbocycles. The molecule has 1 fully saturated rings. The number of rotatable bonds is 9. The Morgan fingerprint density at radius 3 is 2.60 bits per heavy atom. The van der Waals surface area contributed by atoms with Crippen molar-refractivity contribution < 1.29 is 39.7 Å². The van der Waals surface area contributed by atoms with Crippen molar-refractivity contribution in [1.29, 1.82) is 0 Å². The summed E-state index contributed by atoms with van der Waals surface area (Å²) in [4.78, 5) is 0. The van der Waals surface area contributed by atoms with Crippen molar-refractivity contribution in [2.24, 2.45) is 17.6 Å². The summed E-state index contributed by atoms with van der Waals surface area (Å²) < 4.78 is 22.1. The van der Waals surface area contributed by atoms with Crippen LogP contribution in [0.2, 0.25) is 0 Å². The first kappa shape index (κ1) is 50.6. The number of aromatic nitrogens is 1. The average molecular weight is 1010 g/mol. The number of aromatic hydroxyl groups is 3. The molecule has 0 spiro atoms. The lowest BCUT2D eigenvalue weighted by Crippen LogP contribution is -2.47. The quantitative estimate of drug-likeness (QED) is 0.0648. The van der Waals surface area contributed by atoms with Gasteiger partial charge >= 0.3 is 0 Å². The number of aryl methyl sites for hydroxylation is 3. The minimum atomic E-state index is -0.707. The molecule has 0 radical (unpaired) electrons. The van der Waals surface area contributed by atoms with Gasteiger partial charge in [0.25, 0.3) is 0 Å². The highest BCUT2D eigenvalue weighted by molar-refractivity contribution is 5.89. The number of dihydropyridines is 1. The monoisotopic (exact) mass is 1010 g/mol. The Morgan fingerprint density at radius 1 is 0.853 bits per heavy atom. The number of nitrogens with zero attached hydrogens (tertiary/aromatic N) is 1. The Hall–Kier alpha value is -6.56. The van der Waals surface area contributed by atoms with Gasteiger partial charge in [0.15, 0.2) is 11.5 Å². The van der Waals surface area contributed by atoms with E-state index in [0.717, 1.165) is 112 Å². The van der Waals surface area contributed by atoms with E-state index in [0.29, 0.717) is 56.8 Å². The average Bonchev–Trinajstić information content (AvgIpc) is 3.85. The van der Waals surface area contributed by atoms with Gasteiger partial charge in [-0.2, -0.15) is 0 Å². The second-order valence-electron chi connectivity index (χ2n) is 21.5. The van der Waals surface area contributed by atoms with E-state index >= 15 is 0 Å². The highest BCUT2D eigenvalue weighted by Crippen LogP contribution is 2.52. The number of hydrogen-bond donors (Lipinski definition) is 8. The minimum absolute atomic E-state index is 0.0202. The van der Waals surface area contributed by atoms with E-state index in [1.807, 2.05) is 31.3 Å². The maximum atomic E-state index is 11.8. The highest BCUT2D eigenvalue weighted by Gasteiger charge is 2.47. The Morgan fingerprint density at radius 2 is 1.73 bits per heavy atom. The number of phenols is 3. The molecule has 1 saturated heterocycles. The first-order valence-corrected chi connectivity index (χ1v) is 27.0. The predicted molar refractivity (Wildman–Crippen MR) is 291 cm³/mol. The first-order chi connectivity index (χ1) is 36.6. The van der Waals surface area contributed by atoms with Crippen molar-refractivity contribution in [2.45, 2.75) is 114 Å². The molecule has 6 aromatic rings. The van der Waals surface area contributed by atoms with Crippen LogP contribution < -0.4 is 21.1 Å². The standard InChI is InChI=1S/C63H70N4O8/c1-65-32-54-53-20-14-39(12-13-40-15-21-58(71)44(24-40)25-41-7-4-9-50(69)26-41)6-5-10-52-31-51(70)19-17-43-30-60(59(72)29-46(43)35-68)75-36-47-28-49(63-22-23-73-37-48(63)18-16-42-8-2-3-11-57(42)63)27-45-33-67(34-55(45)47)62(66-61(54)64)56(53)38-74-52/h2-4,7-9,11,15,21,24,26-30,33-34,39,48,51-52,61,65-66,68-72H,5-6,10,12-13,16-19,22-23,25,31-32,35-38,64H2,1H3. The van der Waals surface area contributed by atoms with E-state index in [4.69, 9.17) is 19.9 Å². The van der Waals surface area contributed by atoms with Crippen LogP contribution in [0.25, 0.3) is 16.6 Å². The van der Waals surface area contributed by atoms with Crippen LogP contribution >= 0.6 is 0 Å². The lowest BCUT2D eigenvalue weighted by atomic mass is 9.57. The summed E-state index contributed by atoms with van der Waals surface area (Å²) in [5.41, 5.74) is 18.7. The molecule has 5 aromatic carbocycles. The van der Waals surface area contributed by atoms with Crippen LogP contribution in [0.15, 0.2) is 120 Å². The Kier molecular flexibility index (Phi) is 14.8. The van der Waals surface area contributed by atoms with Gasteiger partial charge in [0, 0.05) is 65.2 Å². The van der Waals surface area contributed by atoms with Crippen molar-refractivity contribution in [1.82, 2.24) is 15.2 Å². The molecule has 1 aromatic heterocycles. The molecule has 75 heavy (non-hydrogen) atoms. The predicted octanol–water partition coefficient (Wildman–Crippen LogP) is 8.78. The topological polar surface area (TPSA) is 184 Å². The molecule has 6 atom stereocenters. The van der Waals surface area contributed by atoms with Crippen LogP contribution in [-0.2, 0) is 53.8 Å². The van der Waals surface area contributed by atoms with Crippen molar-refractivity contribution in [3.63, 3.8) is 0 Å². The van der Waals surface area contributed by atoms with E-state index < -0.39 is 12.3 Å². The van der Waals surface area contributed by atoms with Crippen LogP contribution in [0.1, 0.15) is 101 Å². The third-order valence-electron chi connectivity index (χ3n) is 16.8. The molecular formula is C63H70N4O8. The highest BCUT2D eigenvalue weighted by atomic mass is 16.5. The van der Waals surface area contributed by atoms with Gasteiger partial charge in [0.05, 0.1) is 32.0 Å². The fourth-order valence-corrected chi connectivity index (χ4v) is 12.8. The summed E-state index contributed by atoms with van der Waals surface area (Å²) in [7, 11) is 1.92. The van der Waals surface area contributed by atoms with Gasteiger partial charge in [-0.25, -0.2) is 0 Å². The van der Waals surface area contributed by atoms with Crippen LogP contribution in [0.4, 0.5) is 0 Å². The molecule has 390 valence electrons. The summed E-state index contributed by atoms with van der Waals surface area (Å²) in [5, 5.41) is 63.8. The van der Waals surface area contributed by atoms with E-state index in [-0.39, 0.29) is 60.4 Å². The second-order valence-corrected chi connectivity index (χ2v) is 21.5. The molecular weight excluding hydrogens is 941 g/mol. The SMILES string of the molecule is CNCC1=C2C#CC(CCc3ccc(O)c(Cc4cccc(O)c4)c3)CCCC3CC(O)CCc4cc(c(O)cc4CO)OCc4cc(C56CCOCC5CCc5ccccc56)cc5cn(cc45)C(=C2CO3)NC1N. The fourth-order valence-electron chi connectivity index (χ4n) is 12.8. The van der Waals surface area contributed by atoms with Crippen molar-refractivity contribution in [3.05, 3.63) is 170 Å². The maximum Gasteiger partial charge on any atom is 0.161 e. The molecule has 12 nitrogen and oxygen atoms in total. The van der Waals surface area contributed by atoms with Crippen molar-refractivity contribution >= 4 is 16.6 Å². The van der Waals surface area contributed by atoms with Gasteiger partial charge in [-0.1, -0.05) is 66.4 Å². The van der Waals surface area contributed by atoms with Gasteiger partial charge in [-0.15, -0.1) is 0 Å². The molecule has 9 N–H and O–H groups in total. The van der Waals surface area contributed by atoms with Gasteiger partial charge in [0.2, 0.25) is 0 Å². The number of ether oxygens (including phenoxy) is 3. The Labute approximate surface area is 439 Å². The zero-order chi connectivity index (χ0) is 51.6. The smallest absolute Gasteiger partial charge is 0.161 e. The number of nitrogens with one attached hydrogen (secondary N) is 2. The minimum Gasteiger partial charge on any atom is -0.508 e. The Balaban J connectivity index is 1.03. The van der Waals surface area contributed by atoms with E-state index in [1.54, 1.807) is 24.3 Å². The molecule has 4 aliphatic heterocycles. The van der Waals surface area contributed by atoms with Gasteiger partial charge in [-0.05, 0) is 176 Å². The summed E-state index contributed by atoms with van der Waals surface area (Å²) in [5.74, 6) is 9.28. The van der Waals surface area contributed by atoms with Crippen molar-refractivity contribution in [2.75, 3.05) is 33.4 Å². The molecule has 5 heterocycles. The number of phenolic OH excluding ortho intramolecular Hbond substituents is 3. The van der Waals surface area contributed by atoms with Crippen LogP contribution in [-0.4, -0.2) is 81.9 Å². The third-order valence-corrected chi connectivity index (χ3v) is 16.8. The largest absolute Gasteiger partial charge is 0.508 e. The van der Waals surface area contributed by atoms with Gasteiger partial charge < -0.3 is 60.7 Å². The van der Waals surface area contributed by atoms with E-state index in [9.17, 15) is 25.5 Å². The molecule has 0 amide bonds. The number of hydrogen-bond acceptors (Lipinski definition) is 11. The third kappa shape index (κ3) is 10.4. The maximum absolute atomic E-state index is 11.8. The van der Waals surface area contributed by atoms with E-state index in [2.05, 4.69) is 81.9 Å². The second kappa shape index (κ2) is 22.0. The summed E-state index contributed by atoms with van der Waals surface area (Å²) in [6.07, 6.45) is 11.4. The van der Waals surface area contributed by atoms with Crippen LogP contribution in [0, 0.1) is 23.7 Å². The summed E-state index contributed by atoms with van der Waals surface area (Å²) in [6, 6.07) is 29.9. The lowest BCUT2D eigenvalue weighted by Gasteiger charge is -2.49. The number of aliphatic hydroxyl groups is 2. The molecule has 6 unspecified atom stereocenters.